The van der Waals surface area contributed by atoms with Crippen LogP contribution in [0.4, 0.5) is 17.1 Å². The van der Waals surface area contributed by atoms with Crippen LogP contribution in [0.3, 0.4) is 0 Å². The van der Waals surface area contributed by atoms with Crippen molar-refractivity contribution in [1.29, 1.82) is 0 Å². The Hall–Kier alpha value is -2.72. The Kier molecular flexibility index (Phi) is 3.32. The first-order chi connectivity index (χ1) is 11.2. The van der Waals surface area contributed by atoms with Crippen molar-refractivity contribution >= 4 is 40.0 Å². The number of anilines is 2. The normalized spacial score (nSPS) is 15.3. The van der Waals surface area contributed by atoms with Crippen LogP contribution in [-0.2, 0) is 4.79 Å². The van der Waals surface area contributed by atoms with E-state index in [-0.39, 0.29) is 5.91 Å². The summed E-state index contributed by atoms with van der Waals surface area (Å²) in [6.07, 6.45) is 0. The Balaban J connectivity index is 1.87. The zero-order valence-electron chi connectivity index (χ0n) is 12.6. The van der Waals surface area contributed by atoms with Crippen molar-refractivity contribution in [3.63, 3.8) is 0 Å². The van der Waals surface area contributed by atoms with Crippen LogP contribution in [0, 0.1) is 6.92 Å². The Bertz CT molecular complexity index is 913. The highest BCUT2D eigenvalue weighted by atomic mass is 32.1. The Morgan fingerprint density at radius 3 is 2.70 bits per heavy atom. The van der Waals surface area contributed by atoms with Crippen LogP contribution in [0.1, 0.15) is 11.1 Å². The highest BCUT2D eigenvalue weighted by Crippen LogP contribution is 2.37. The zero-order chi connectivity index (χ0) is 15.8. The Morgan fingerprint density at radius 1 is 1.04 bits per heavy atom. The molecule has 0 N–H and O–H groups in total. The monoisotopic (exact) mass is 318 g/mol. The molecule has 1 aliphatic heterocycles. The molecule has 1 amide bonds. The molecule has 1 aliphatic rings. The number of fused-ring (bicyclic) bond motifs is 1. The van der Waals surface area contributed by atoms with E-state index >= 15 is 0 Å². The molecule has 1 aromatic heterocycles. The number of hydrogen-bond donors (Lipinski definition) is 0. The lowest BCUT2D eigenvalue weighted by Crippen LogP contribution is -2.24. The van der Waals surface area contributed by atoms with E-state index < -0.39 is 0 Å². The summed E-state index contributed by atoms with van der Waals surface area (Å²) in [5.74, 6) is -0.0777. The fourth-order valence-electron chi connectivity index (χ4n) is 2.77. The Morgan fingerprint density at radius 2 is 1.91 bits per heavy atom. The highest BCUT2D eigenvalue weighted by molar-refractivity contribution is 7.08. The zero-order valence-corrected chi connectivity index (χ0v) is 13.4. The van der Waals surface area contributed by atoms with Crippen LogP contribution in [0.5, 0.6) is 0 Å². The van der Waals surface area contributed by atoms with Gasteiger partial charge in [-0.2, -0.15) is 11.3 Å². The van der Waals surface area contributed by atoms with Gasteiger partial charge < -0.3 is 0 Å². The van der Waals surface area contributed by atoms with E-state index in [2.05, 4.69) is 4.99 Å². The molecular formula is C19H14N2OS. The summed E-state index contributed by atoms with van der Waals surface area (Å²) in [5, 5.41) is 3.95. The van der Waals surface area contributed by atoms with Gasteiger partial charge in [0.25, 0.3) is 5.91 Å². The average Bonchev–Trinajstić information content (AvgIpc) is 3.15. The molecule has 3 aromatic rings. The van der Waals surface area contributed by atoms with Gasteiger partial charge in [0.2, 0.25) is 0 Å². The molecule has 23 heavy (non-hydrogen) atoms. The maximum absolute atomic E-state index is 12.9. The first-order valence-corrected chi connectivity index (χ1v) is 8.30. The molecule has 0 bridgehead atoms. The maximum Gasteiger partial charge on any atom is 0.282 e. The SMILES string of the molecule is Cc1cccc(/N=C2\C(=O)N(c3ccsc3)c3ccccc32)c1. The molecule has 0 fully saturated rings. The summed E-state index contributed by atoms with van der Waals surface area (Å²) >= 11 is 1.58. The number of aliphatic imine (C=N–C) groups is 1. The minimum absolute atomic E-state index is 0.0777. The van der Waals surface area contributed by atoms with E-state index in [0.717, 1.165) is 28.2 Å². The van der Waals surface area contributed by atoms with Crippen molar-refractivity contribution in [2.75, 3.05) is 4.90 Å². The van der Waals surface area contributed by atoms with Gasteiger partial charge in [0.05, 0.1) is 17.1 Å². The Labute approximate surface area is 138 Å². The third-order valence-corrected chi connectivity index (χ3v) is 4.48. The van der Waals surface area contributed by atoms with E-state index in [0.29, 0.717) is 5.71 Å². The third kappa shape index (κ3) is 2.37. The number of para-hydroxylation sites is 1. The summed E-state index contributed by atoms with van der Waals surface area (Å²) in [7, 11) is 0. The number of benzene rings is 2. The van der Waals surface area contributed by atoms with E-state index in [1.165, 1.54) is 0 Å². The van der Waals surface area contributed by atoms with Gasteiger partial charge in [0.1, 0.15) is 5.71 Å². The average molecular weight is 318 g/mol. The predicted octanol–water partition coefficient (Wildman–Crippen LogP) is 4.86. The van der Waals surface area contributed by atoms with Crippen molar-refractivity contribution in [3.8, 4) is 0 Å². The maximum atomic E-state index is 12.9. The number of hydrogen-bond acceptors (Lipinski definition) is 3. The second kappa shape index (κ2) is 5.48. The lowest BCUT2D eigenvalue weighted by atomic mass is 10.1. The molecule has 0 saturated carbocycles. The molecule has 2 aromatic carbocycles. The third-order valence-electron chi connectivity index (χ3n) is 3.81. The van der Waals surface area contributed by atoms with Gasteiger partial charge in [-0.1, -0.05) is 30.3 Å². The topological polar surface area (TPSA) is 32.7 Å². The van der Waals surface area contributed by atoms with E-state index in [1.807, 2.05) is 72.3 Å². The molecule has 0 saturated heterocycles. The number of amides is 1. The van der Waals surface area contributed by atoms with E-state index in [9.17, 15) is 4.79 Å². The van der Waals surface area contributed by atoms with Crippen molar-refractivity contribution in [2.24, 2.45) is 4.99 Å². The van der Waals surface area contributed by atoms with Gasteiger partial charge in [-0.05, 0) is 42.1 Å². The molecule has 0 atom stereocenters. The lowest BCUT2D eigenvalue weighted by molar-refractivity contribution is -0.111. The molecule has 4 heteroatoms. The van der Waals surface area contributed by atoms with Gasteiger partial charge >= 0.3 is 0 Å². The smallest absolute Gasteiger partial charge is 0.274 e. The number of aryl methyl sites for hydroxylation is 1. The standard InChI is InChI=1S/C19H14N2OS/c1-13-5-4-6-14(11-13)20-18-16-7-2-3-8-17(16)21(19(18)22)15-9-10-23-12-15/h2-12H,1H3/b20-18-. The first kappa shape index (κ1) is 13.9. The van der Waals surface area contributed by atoms with Crippen molar-refractivity contribution in [3.05, 3.63) is 76.5 Å². The summed E-state index contributed by atoms with van der Waals surface area (Å²) in [4.78, 5) is 19.3. The van der Waals surface area contributed by atoms with Crippen molar-refractivity contribution < 1.29 is 4.79 Å². The second-order valence-corrected chi connectivity index (χ2v) is 6.22. The minimum atomic E-state index is -0.0777. The fraction of sp³-hybridized carbons (Fsp3) is 0.0526. The number of carbonyl (C=O) groups excluding carboxylic acids is 1. The number of nitrogens with zero attached hydrogens (tertiary/aromatic N) is 2. The molecule has 0 unspecified atom stereocenters. The van der Waals surface area contributed by atoms with Gasteiger partial charge in [0.15, 0.2) is 0 Å². The van der Waals surface area contributed by atoms with Gasteiger partial charge in [-0.25, -0.2) is 4.99 Å². The van der Waals surface area contributed by atoms with Crippen LogP contribution < -0.4 is 4.90 Å². The largest absolute Gasteiger partial charge is 0.282 e. The van der Waals surface area contributed by atoms with Crippen LogP contribution in [0.15, 0.2) is 70.3 Å². The van der Waals surface area contributed by atoms with E-state index in [4.69, 9.17) is 0 Å². The number of carbonyl (C=O) groups is 1. The molecular weight excluding hydrogens is 304 g/mol. The van der Waals surface area contributed by atoms with Crippen LogP contribution >= 0.6 is 11.3 Å². The number of thiophene rings is 1. The highest BCUT2D eigenvalue weighted by Gasteiger charge is 2.34. The van der Waals surface area contributed by atoms with Gasteiger partial charge in [-0.3, -0.25) is 9.69 Å². The van der Waals surface area contributed by atoms with Gasteiger partial charge in [-0.15, -0.1) is 0 Å². The van der Waals surface area contributed by atoms with Crippen molar-refractivity contribution in [1.82, 2.24) is 0 Å². The quantitative estimate of drug-likeness (QED) is 0.664. The lowest BCUT2D eigenvalue weighted by Gasteiger charge is -2.14. The summed E-state index contributed by atoms with van der Waals surface area (Å²) in [6, 6.07) is 17.6. The second-order valence-electron chi connectivity index (χ2n) is 5.44. The predicted molar refractivity (Wildman–Crippen MR) is 95.3 cm³/mol. The molecule has 0 spiro atoms. The van der Waals surface area contributed by atoms with Gasteiger partial charge in [0, 0.05) is 10.9 Å². The minimum Gasteiger partial charge on any atom is -0.274 e. The van der Waals surface area contributed by atoms with Crippen LogP contribution in [-0.4, -0.2) is 11.6 Å². The molecule has 4 rings (SSSR count). The van der Waals surface area contributed by atoms with E-state index in [1.54, 1.807) is 16.2 Å². The summed E-state index contributed by atoms with van der Waals surface area (Å²) in [5.41, 5.74) is 5.09. The van der Waals surface area contributed by atoms with Crippen LogP contribution in [0.2, 0.25) is 0 Å². The first-order valence-electron chi connectivity index (χ1n) is 7.35. The molecule has 2 heterocycles. The van der Waals surface area contributed by atoms with Crippen LogP contribution in [0.25, 0.3) is 0 Å². The molecule has 0 radical (unpaired) electrons. The summed E-state index contributed by atoms with van der Waals surface area (Å²) in [6.45, 7) is 2.02. The fourth-order valence-corrected chi connectivity index (χ4v) is 3.39. The summed E-state index contributed by atoms with van der Waals surface area (Å²) < 4.78 is 0. The molecule has 0 aliphatic carbocycles. The molecule has 3 nitrogen and oxygen atoms in total. The van der Waals surface area contributed by atoms with Crippen molar-refractivity contribution in [2.45, 2.75) is 6.92 Å². The number of rotatable bonds is 2. The molecule has 112 valence electrons.